The highest BCUT2D eigenvalue weighted by Crippen LogP contribution is 2.49. The van der Waals surface area contributed by atoms with E-state index in [0.717, 1.165) is 50.4 Å². The molecule has 44 heavy (non-hydrogen) atoms. The highest BCUT2D eigenvalue weighted by molar-refractivity contribution is 6.32. The van der Waals surface area contributed by atoms with E-state index in [-0.39, 0.29) is 53.7 Å². The van der Waals surface area contributed by atoms with Crippen LogP contribution in [0.1, 0.15) is 70.8 Å². The zero-order valence-corrected chi connectivity index (χ0v) is 25.7. The van der Waals surface area contributed by atoms with Crippen molar-refractivity contribution in [3.05, 3.63) is 34.7 Å². The Labute approximate surface area is 259 Å². The minimum atomic E-state index is -0.675. The molecular weight excluding hydrogens is 589 g/mol. The molecule has 2 unspecified atom stereocenters. The number of aromatic hydroxyl groups is 1. The number of aldehydes is 1. The molecule has 10 nitrogen and oxygen atoms in total. The Morgan fingerprint density at radius 1 is 1.16 bits per heavy atom. The van der Waals surface area contributed by atoms with Crippen molar-refractivity contribution in [1.29, 1.82) is 0 Å². The molecule has 2 aromatic heterocycles. The molecule has 12 heteroatoms. The second-order valence-corrected chi connectivity index (χ2v) is 14.0. The molecule has 2 aliphatic heterocycles. The van der Waals surface area contributed by atoms with E-state index in [1.807, 2.05) is 30.6 Å². The summed E-state index contributed by atoms with van der Waals surface area (Å²) in [4.78, 5) is 42.3. The number of benzene rings is 1. The van der Waals surface area contributed by atoms with E-state index in [1.54, 1.807) is 6.20 Å². The SMILES string of the molecule is CC(C)(C)OC(=O)N1C2CCC1CN(c1nc(OCC3(C=O)CC3)nc3c(F)c(-c4cc(O)cc(Cl)c4C4CC4)ncc13)C2. The van der Waals surface area contributed by atoms with Gasteiger partial charge in [-0.1, -0.05) is 11.6 Å². The lowest BCUT2D eigenvalue weighted by atomic mass is 9.98. The van der Waals surface area contributed by atoms with Crippen LogP contribution in [0.5, 0.6) is 11.8 Å². The van der Waals surface area contributed by atoms with Crippen LogP contribution in [-0.4, -0.2) is 74.7 Å². The molecule has 2 saturated carbocycles. The molecule has 2 aliphatic carbocycles. The van der Waals surface area contributed by atoms with Crippen LogP contribution < -0.4 is 9.64 Å². The van der Waals surface area contributed by atoms with E-state index in [9.17, 15) is 14.7 Å². The first-order chi connectivity index (χ1) is 20.9. The fourth-order valence-corrected chi connectivity index (χ4v) is 6.82. The topological polar surface area (TPSA) is 118 Å². The number of halogens is 2. The van der Waals surface area contributed by atoms with Crippen molar-refractivity contribution in [2.75, 3.05) is 24.6 Å². The fraction of sp³-hybridized carbons (Fsp3) is 0.531. The van der Waals surface area contributed by atoms with Gasteiger partial charge in [0.1, 0.15) is 41.3 Å². The summed E-state index contributed by atoms with van der Waals surface area (Å²) in [5.74, 6) is -0.128. The molecule has 1 amide bonds. The summed E-state index contributed by atoms with van der Waals surface area (Å²) in [5, 5.41) is 11.1. The summed E-state index contributed by atoms with van der Waals surface area (Å²) in [7, 11) is 0. The number of phenols is 1. The predicted octanol–water partition coefficient (Wildman–Crippen LogP) is 6.01. The molecule has 2 atom stereocenters. The summed E-state index contributed by atoms with van der Waals surface area (Å²) in [6.45, 7) is 6.59. The van der Waals surface area contributed by atoms with Crippen molar-refractivity contribution in [1.82, 2.24) is 19.9 Å². The zero-order valence-electron chi connectivity index (χ0n) is 25.0. The van der Waals surface area contributed by atoms with E-state index < -0.39 is 16.8 Å². The fourth-order valence-electron chi connectivity index (χ4n) is 6.46. The van der Waals surface area contributed by atoms with Gasteiger partial charge in [-0.3, -0.25) is 9.88 Å². The van der Waals surface area contributed by atoms with Gasteiger partial charge in [-0.05, 0) is 82.9 Å². The van der Waals surface area contributed by atoms with Crippen molar-refractivity contribution in [3.8, 4) is 23.0 Å². The van der Waals surface area contributed by atoms with Crippen molar-refractivity contribution in [2.24, 2.45) is 5.41 Å². The monoisotopic (exact) mass is 623 g/mol. The predicted molar refractivity (Wildman–Crippen MR) is 162 cm³/mol. The summed E-state index contributed by atoms with van der Waals surface area (Å²) in [6, 6.07) is 2.72. The van der Waals surface area contributed by atoms with Gasteiger partial charge in [-0.15, -0.1) is 0 Å². The molecule has 4 aliphatic rings. The minimum absolute atomic E-state index is 0.0223. The molecule has 7 rings (SSSR count). The smallest absolute Gasteiger partial charge is 0.410 e. The standard InChI is InChI=1S/C32H35ClFN5O5/c1-31(2,3)44-30(42)39-18-6-7-19(39)14-38(13-18)28-22-12-35-26(21-10-20(41)11-23(33)24(21)17-4-5-17)25(34)27(22)36-29(37-28)43-16-32(15-40)8-9-32/h10-12,15,17-19,41H,4-9,13-14,16H2,1-3H3. The molecule has 232 valence electrons. The Morgan fingerprint density at radius 2 is 1.86 bits per heavy atom. The highest BCUT2D eigenvalue weighted by Gasteiger charge is 2.46. The Bertz CT molecular complexity index is 1660. The largest absolute Gasteiger partial charge is 0.508 e. The van der Waals surface area contributed by atoms with E-state index in [0.29, 0.717) is 34.9 Å². The third-order valence-corrected chi connectivity index (χ3v) is 9.33. The number of ether oxygens (including phenoxy) is 2. The second kappa shape index (κ2) is 10.4. The van der Waals surface area contributed by atoms with Gasteiger partial charge in [0.2, 0.25) is 0 Å². The van der Waals surface area contributed by atoms with Crippen LogP contribution in [-0.2, 0) is 9.53 Å². The van der Waals surface area contributed by atoms with E-state index in [4.69, 9.17) is 26.1 Å². The van der Waals surface area contributed by atoms with Gasteiger partial charge in [0.25, 0.3) is 0 Å². The van der Waals surface area contributed by atoms with Crippen LogP contribution in [0, 0.1) is 11.2 Å². The molecule has 4 fully saturated rings. The number of carbonyl (C=O) groups excluding carboxylic acids is 2. The Hall–Kier alpha value is -3.73. The number of hydrogen-bond acceptors (Lipinski definition) is 9. The maximum absolute atomic E-state index is 16.6. The van der Waals surface area contributed by atoms with E-state index in [1.165, 1.54) is 12.1 Å². The van der Waals surface area contributed by atoms with Crippen LogP contribution in [0.3, 0.4) is 0 Å². The Balaban J connectivity index is 1.29. The van der Waals surface area contributed by atoms with Crippen LogP contribution >= 0.6 is 11.6 Å². The second-order valence-electron chi connectivity index (χ2n) is 13.6. The summed E-state index contributed by atoms with van der Waals surface area (Å²) < 4.78 is 28.2. The number of aromatic nitrogens is 3. The first kappa shape index (κ1) is 29.0. The number of piperazine rings is 1. The number of hydrogen-bond donors (Lipinski definition) is 1. The maximum Gasteiger partial charge on any atom is 0.410 e. The Kier molecular flexibility index (Phi) is 6.87. The summed E-state index contributed by atoms with van der Waals surface area (Å²) >= 11 is 6.52. The molecule has 2 saturated heterocycles. The van der Waals surface area contributed by atoms with Crippen molar-refractivity contribution in [2.45, 2.75) is 82.9 Å². The molecule has 3 aromatic rings. The highest BCUT2D eigenvalue weighted by atomic mass is 35.5. The number of fused-ring (bicyclic) bond motifs is 3. The van der Waals surface area contributed by atoms with Gasteiger partial charge in [-0.2, -0.15) is 9.97 Å². The third-order valence-electron chi connectivity index (χ3n) is 9.02. The van der Waals surface area contributed by atoms with Crippen LogP contribution in [0.15, 0.2) is 18.3 Å². The van der Waals surface area contributed by atoms with E-state index >= 15 is 4.39 Å². The minimum Gasteiger partial charge on any atom is -0.508 e. The number of anilines is 1. The molecule has 0 radical (unpaired) electrons. The third kappa shape index (κ3) is 5.29. The number of phenolic OH excluding ortho intramolecular Hbond substituents is 1. The number of rotatable bonds is 7. The average molecular weight is 624 g/mol. The lowest BCUT2D eigenvalue weighted by Crippen LogP contribution is -2.57. The quantitative estimate of drug-likeness (QED) is 0.316. The van der Waals surface area contributed by atoms with Crippen LogP contribution in [0.25, 0.3) is 22.2 Å². The lowest BCUT2D eigenvalue weighted by Gasteiger charge is -2.42. The lowest BCUT2D eigenvalue weighted by molar-refractivity contribution is -0.113. The van der Waals surface area contributed by atoms with Gasteiger partial charge in [0.05, 0.1) is 22.9 Å². The number of pyridine rings is 1. The van der Waals surface area contributed by atoms with Gasteiger partial charge in [-0.25, -0.2) is 9.18 Å². The molecular formula is C32H35ClFN5O5. The zero-order chi connectivity index (χ0) is 31.0. The average Bonchev–Trinajstić information content (AvgIpc) is 3.89. The molecule has 1 aromatic carbocycles. The van der Waals surface area contributed by atoms with Gasteiger partial charge in [0.15, 0.2) is 5.82 Å². The van der Waals surface area contributed by atoms with Gasteiger partial charge < -0.3 is 24.3 Å². The summed E-state index contributed by atoms with van der Waals surface area (Å²) in [5.41, 5.74) is 0.0846. The molecule has 4 heterocycles. The van der Waals surface area contributed by atoms with Crippen LogP contribution in [0.4, 0.5) is 15.0 Å². The number of carbonyl (C=O) groups is 2. The summed E-state index contributed by atoms with van der Waals surface area (Å²) in [6.07, 6.45) is 7.03. The van der Waals surface area contributed by atoms with Crippen LogP contribution in [0.2, 0.25) is 5.02 Å². The first-order valence-corrected chi connectivity index (χ1v) is 15.6. The maximum atomic E-state index is 16.6. The number of amides is 1. The molecule has 2 bridgehead atoms. The molecule has 1 N–H and O–H groups in total. The Morgan fingerprint density at radius 3 is 2.48 bits per heavy atom. The first-order valence-electron chi connectivity index (χ1n) is 15.2. The van der Waals surface area contributed by atoms with Gasteiger partial charge >= 0.3 is 12.1 Å². The normalized spacial score (nSPS) is 22.3. The van der Waals surface area contributed by atoms with Crippen molar-refractivity contribution in [3.63, 3.8) is 0 Å². The van der Waals surface area contributed by atoms with Crippen molar-refractivity contribution < 1.29 is 28.6 Å². The number of nitrogens with zero attached hydrogens (tertiary/aromatic N) is 5. The van der Waals surface area contributed by atoms with Crippen molar-refractivity contribution >= 4 is 40.7 Å². The van der Waals surface area contributed by atoms with E-state index in [2.05, 4.69) is 9.97 Å². The van der Waals surface area contributed by atoms with Gasteiger partial charge in [0, 0.05) is 29.9 Å². The molecule has 0 spiro atoms.